The van der Waals surface area contributed by atoms with Gasteiger partial charge in [-0.1, -0.05) is 6.07 Å². The number of ether oxygens (including phenoxy) is 8. The SMILES string of the molecule is O=C(/C=C/c1ccc(O)c(O)c1)O[C@H]1[C@H](O[C@@H]2O[C@H](CO)[C@@H](O)[C@H](O)[C@H]2O)[C@@H](O[C@H]2C[C@@H](O)[C@@H](O)CO2)[C@H](O)O[C@@H]1CO[C@@H]1OC[C@@H](O)[C@H](O)[C@H]1O. The maximum atomic E-state index is 13.3. The smallest absolute Gasteiger partial charge is 0.331 e. The Morgan fingerprint density at radius 2 is 1.44 bits per heavy atom. The third kappa shape index (κ3) is 9.34. The van der Waals surface area contributed by atoms with Crippen LogP contribution in [0.25, 0.3) is 6.08 Å². The van der Waals surface area contributed by atoms with Crippen molar-refractivity contribution >= 4 is 12.0 Å². The highest BCUT2D eigenvalue weighted by atomic mass is 16.8. The fourth-order valence-corrected chi connectivity index (χ4v) is 5.91. The third-order valence-electron chi connectivity index (χ3n) is 8.93. The molecule has 0 aliphatic carbocycles. The Morgan fingerprint density at radius 3 is 2.13 bits per heavy atom. The van der Waals surface area contributed by atoms with Crippen LogP contribution in [0.3, 0.4) is 0 Å². The van der Waals surface area contributed by atoms with Crippen molar-refractivity contribution in [1.82, 2.24) is 0 Å². The van der Waals surface area contributed by atoms with Gasteiger partial charge in [0.25, 0.3) is 0 Å². The first-order chi connectivity index (χ1) is 24.7. The summed E-state index contributed by atoms with van der Waals surface area (Å²) in [7, 11) is 0. The number of benzene rings is 1. The van der Waals surface area contributed by atoms with Crippen LogP contribution in [0.15, 0.2) is 24.3 Å². The molecule has 12 N–H and O–H groups in total. The number of esters is 1. The molecule has 1 aromatic rings. The van der Waals surface area contributed by atoms with Crippen molar-refractivity contribution in [2.75, 3.05) is 26.4 Å². The van der Waals surface area contributed by atoms with Crippen LogP contribution in [0, 0.1) is 0 Å². The molecule has 1 aromatic carbocycles. The Morgan fingerprint density at radius 1 is 0.731 bits per heavy atom. The van der Waals surface area contributed by atoms with E-state index in [2.05, 4.69) is 0 Å². The van der Waals surface area contributed by atoms with Crippen LogP contribution >= 0.6 is 0 Å². The van der Waals surface area contributed by atoms with Crippen molar-refractivity contribution < 1.29 is 104 Å². The Labute approximate surface area is 294 Å². The van der Waals surface area contributed by atoms with E-state index >= 15 is 0 Å². The number of carbonyl (C=O) groups is 1. The summed E-state index contributed by atoms with van der Waals surface area (Å²) in [5, 5.41) is 122. The summed E-state index contributed by atoms with van der Waals surface area (Å²) >= 11 is 0. The summed E-state index contributed by atoms with van der Waals surface area (Å²) in [6.07, 6.45) is -26.4. The molecule has 0 saturated carbocycles. The molecule has 52 heavy (non-hydrogen) atoms. The molecule has 21 heteroatoms. The number of carbonyl (C=O) groups excluding carboxylic acids is 1. The van der Waals surface area contributed by atoms with Gasteiger partial charge in [-0.25, -0.2) is 4.79 Å². The molecule has 0 aromatic heterocycles. The number of phenols is 2. The predicted octanol–water partition coefficient (Wildman–Crippen LogP) is -5.77. The summed E-state index contributed by atoms with van der Waals surface area (Å²) in [5.74, 6) is -2.01. The molecule has 4 saturated heterocycles. The second-order valence-corrected chi connectivity index (χ2v) is 12.7. The number of aliphatic hydroxyl groups is 10. The number of hydrogen-bond acceptors (Lipinski definition) is 21. The minimum Gasteiger partial charge on any atom is -0.504 e. The molecular formula is C31H44O21. The summed E-state index contributed by atoms with van der Waals surface area (Å²) < 4.78 is 45.1. The Bertz CT molecular complexity index is 1350. The summed E-state index contributed by atoms with van der Waals surface area (Å²) in [4.78, 5) is 13.3. The monoisotopic (exact) mass is 752 g/mol. The molecule has 0 spiro atoms. The number of aromatic hydroxyl groups is 2. The van der Waals surface area contributed by atoms with E-state index in [1.54, 1.807) is 0 Å². The van der Waals surface area contributed by atoms with Crippen LogP contribution in [-0.4, -0.2) is 198 Å². The number of phenolic OH excluding ortho intramolecular Hbond substituents is 2. The van der Waals surface area contributed by atoms with Crippen molar-refractivity contribution in [2.45, 2.75) is 111 Å². The molecule has 5 rings (SSSR count). The van der Waals surface area contributed by atoms with E-state index in [-0.39, 0.29) is 18.6 Å². The molecule has 4 fully saturated rings. The first-order valence-corrected chi connectivity index (χ1v) is 16.3. The van der Waals surface area contributed by atoms with Gasteiger partial charge >= 0.3 is 5.97 Å². The lowest BCUT2D eigenvalue weighted by molar-refractivity contribution is -0.378. The van der Waals surface area contributed by atoms with Crippen molar-refractivity contribution in [3.8, 4) is 11.5 Å². The maximum absolute atomic E-state index is 13.3. The Hall–Kier alpha value is -2.65. The van der Waals surface area contributed by atoms with Crippen LogP contribution in [0.4, 0.5) is 0 Å². The molecule has 0 unspecified atom stereocenters. The zero-order valence-electron chi connectivity index (χ0n) is 27.3. The van der Waals surface area contributed by atoms with Crippen molar-refractivity contribution in [3.63, 3.8) is 0 Å². The molecule has 4 aliphatic rings. The van der Waals surface area contributed by atoms with E-state index in [1.165, 1.54) is 12.1 Å². The summed E-state index contributed by atoms with van der Waals surface area (Å²) in [5.41, 5.74) is 0.247. The van der Waals surface area contributed by atoms with Gasteiger partial charge in [-0.2, -0.15) is 0 Å². The second kappa shape index (κ2) is 17.7. The zero-order valence-corrected chi connectivity index (χ0v) is 27.3. The second-order valence-electron chi connectivity index (χ2n) is 12.7. The molecule has 21 nitrogen and oxygen atoms in total. The quantitative estimate of drug-likeness (QED) is 0.0569. The van der Waals surface area contributed by atoms with Crippen LogP contribution < -0.4 is 0 Å². The maximum Gasteiger partial charge on any atom is 0.331 e. The van der Waals surface area contributed by atoms with Crippen LogP contribution in [0.2, 0.25) is 0 Å². The highest BCUT2D eigenvalue weighted by Crippen LogP contribution is 2.34. The van der Waals surface area contributed by atoms with Gasteiger partial charge in [0.1, 0.15) is 67.1 Å². The van der Waals surface area contributed by atoms with E-state index in [4.69, 9.17) is 37.9 Å². The van der Waals surface area contributed by atoms with Crippen LogP contribution in [0.1, 0.15) is 12.0 Å². The fraction of sp³-hybridized carbons (Fsp3) is 0.710. The predicted molar refractivity (Wildman–Crippen MR) is 163 cm³/mol. The summed E-state index contributed by atoms with van der Waals surface area (Å²) in [6.45, 7) is -2.34. The van der Waals surface area contributed by atoms with Gasteiger partial charge in [-0.3, -0.25) is 0 Å². The molecule has 4 heterocycles. The van der Waals surface area contributed by atoms with E-state index < -0.39 is 142 Å². The minimum atomic E-state index is -2.01. The highest BCUT2D eigenvalue weighted by molar-refractivity contribution is 5.87. The largest absolute Gasteiger partial charge is 0.504 e. The molecule has 4 aliphatic heterocycles. The molecule has 294 valence electrons. The normalized spacial score (nSPS) is 43.0. The van der Waals surface area contributed by atoms with Crippen molar-refractivity contribution in [3.05, 3.63) is 29.8 Å². The van der Waals surface area contributed by atoms with Gasteiger partial charge in [0.2, 0.25) is 0 Å². The zero-order chi connectivity index (χ0) is 37.9. The van der Waals surface area contributed by atoms with Gasteiger partial charge < -0.3 is 99.2 Å². The fourth-order valence-electron chi connectivity index (χ4n) is 5.91. The summed E-state index contributed by atoms with van der Waals surface area (Å²) in [6, 6.07) is 3.67. The number of rotatable bonds is 11. The van der Waals surface area contributed by atoms with E-state index in [0.29, 0.717) is 0 Å². The lowest BCUT2D eigenvalue weighted by atomic mass is 9.96. The van der Waals surface area contributed by atoms with Crippen LogP contribution in [0.5, 0.6) is 11.5 Å². The van der Waals surface area contributed by atoms with Gasteiger partial charge in [-0.05, 0) is 23.8 Å². The van der Waals surface area contributed by atoms with Crippen molar-refractivity contribution in [2.24, 2.45) is 0 Å². The Kier molecular flexibility index (Phi) is 13.8. The lowest BCUT2D eigenvalue weighted by Crippen LogP contribution is -2.66. The first kappa shape index (κ1) is 40.5. The van der Waals surface area contributed by atoms with E-state index in [9.17, 15) is 66.1 Å². The highest BCUT2D eigenvalue weighted by Gasteiger charge is 2.54. The minimum absolute atomic E-state index is 0.247. The first-order valence-electron chi connectivity index (χ1n) is 16.3. The molecule has 0 bridgehead atoms. The molecular weight excluding hydrogens is 708 g/mol. The standard InChI is InChI=1S/C31H44O21/c32-7-17-22(40)23(41)25(43)31(49-17)52-27-26(50-19(38)4-2-11-1-3-12(33)13(34)5-11)18(10-47-30-24(42)21(39)16(37)9-46-30)48-29(44)28(27)51-20-6-14(35)15(36)8-45-20/h1-5,14-18,20-37,39-44H,6-10H2/b4-2+/t14-,15+,16-,17-,18-,20+,21+,22-,23+,24-,25-,26-,27+,28-,29-,30+,31+/m1/s1. The van der Waals surface area contributed by atoms with Gasteiger partial charge in [-0.15, -0.1) is 0 Å². The van der Waals surface area contributed by atoms with E-state index in [1.807, 2.05) is 0 Å². The third-order valence-corrected chi connectivity index (χ3v) is 8.93. The molecule has 17 atom stereocenters. The molecule has 0 radical (unpaired) electrons. The van der Waals surface area contributed by atoms with Crippen molar-refractivity contribution in [1.29, 1.82) is 0 Å². The topological polar surface area (TPSA) is 334 Å². The van der Waals surface area contributed by atoms with Gasteiger partial charge in [0.15, 0.2) is 42.8 Å². The lowest BCUT2D eigenvalue weighted by Gasteiger charge is -2.48. The number of hydrogen-bond donors (Lipinski definition) is 12. The molecule has 0 amide bonds. The van der Waals surface area contributed by atoms with Crippen LogP contribution in [-0.2, 0) is 42.7 Å². The van der Waals surface area contributed by atoms with Gasteiger partial charge in [0, 0.05) is 12.5 Å². The van der Waals surface area contributed by atoms with Gasteiger partial charge in [0.05, 0.1) is 32.5 Å². The number of aliphatic hydroxyl groups excluding tert-OH is 10. The Balaban J connectivity index is 1.46. The van der Waals surface area contributed by atoms with E-state index in [0.717, 1.165) is 18.2 Å². The average Bonchev–Trinajstić information content (AvgIpc) is 3.11. The average molecular weight is 753 g/mol.